The van der Waals surface area contributed by atoms with Crippen molar-refractivity contribution in [3.8, 4) is 22.9 Å². The number of amides is 1. The second kappa shape index (κ2) is 8.87. The Balaban J connectivity index is 1.57. The first-order valence-electron chi connectivity index (χ1n) is 9.96. The minimum Gasteiger partial charge on any atom is -0.493 e. The van der Waals surface area contributed by atoms with Crippen molar-refractivity contribution in [2.45, 2.75) is 13.5 Å². The van der Waals surface area contributed by atoms with Crippen LogP contribution in [0.2, 0.25) is 0 Å². The van der Waals surface area contributed by atoms with E-state index in [0.717, 1.165) is 16.3 Å². The fourth-order valence-corrected chi connectivity index (χ4v) is 3.48. The molecule has 4 aromatic rings. The van der Waals surface area contributed by atoms with Crippen LogP contribution in [0.4, 0.5) is 0 Å². The van der Waals surface area contributed by atoms with Gasteiger partial charge in [-0.25, -0.2) is 0 Å². The molecule has 0 saturated heterocycles. The van der Waals surface area contributed by atoms with Crippen molar-refractivity contribution in [2.24, 2.45) is 0 Å². The van der Waals surface area contributed by atoms with Crippen LogP contribution in [0.3, 0.4) is 0 Å². The molecule has 0 N–H and O–H groups in total. The van der Waals surface area contributed by atoms with Gasteiger partial charge in [-0.2, -0.15) is 4.98 Å². The zero-order chi connectivity index (χ0) is 21.8. The van der Waals surface area contributed by atoms with Gasteiger partial charge < -0.3 is 18.9 Å². The highest BCUT2D eigenvalue weighted by molar-refractivity contribution is 6.06. The molecule has 0 aliphatic heterocycles. The number of carbonyl (C=O) groups is 1. The number of carbonyl (C=O) groups excluding carboxylic acids is 1. The molecule has 0 saturated carbocycles. The molecule has 1 heterocycles. The molecule has 0 aliphatic carbocycles. The first-order chi connectivity index (χ1) is 15.1. The van der Waals surface area contributed by atoms with Gasteiger partial charge in [-0.15, -0.1) is 0 Å². The predicted octanol–water partition coefficient (Wildman–Crippen LogP) is 4.57. The average molecular weight is 417 g/mol. The molecule has 31 heavy (non-hydrogen) atoms. The Morgan fingerprint density at radius 3 is 2.55 bits per heavy atom. The number of ether oxygens (including phenoxy) is 2. The number of rotatable bonds is 7. The summed E-state index contributed by atoms with van der Waals surface area (Å²) in [5, 5.41) is 6.01. The fourth-order valence-electron chi connectivity index (χ4n) is 3.48. The Bertz CT molecular complexity index is 1210. The Kier molecular flexibility index (Phi) is 5.84. The van der Waals surface area contributed by atoms with Crippen molar-refractivity contribution >= 4 is 16.7 Å². The van der Waals surface area contributed by atoms with E-state index in [4.69, 9.17) is 14.0 Å². The van der Waals surface area contributed by atoms with Gasteiger partial charge in [0.15, 0.2) is 11.5 Å². The normalized spacial score (nSPS) is 10.8. The molecule has 1 amide bonds. The van der Waals surface area contributed by atoms with Crippen LogP contribution in [0, 0.1) is 0 Å². The largest absolute Gasteiger partial charge is 0.493 e. The zero-order valence-electron chi connectivity index (χ0n) is 17.7. The monoisotopic (exact) mass is 417 g/mol. The molecule has 0 spiro atoms. The summed E-state index contributed by atoms with van der Waals surface area (Å²) in [5.74, 6) is 1.90. The van der Waals surface area contributed by atoms with Gasteiger partial charge in [0.25, 0.3) is 5.91 Å². The lowest BCUT2D eigenvalue weighted by Crippen LogP contribution is -2.30. The van der Waals surface area contributed by atoms with E-state index < -0.39 is 0 Å². The Morgan fingerprint density at radius 2 is 1.77 bits per heavy atom. The standard InChI is InChI=1S/C24H23N3O4/c1-4-27(24(28)19-11-7-9-16-8-5-6-10-18(16)19)15-22-25-23(26-31-22)17-12-13-20(29-2)21(14-17)30-3/h5-14H,4,15H2,1-3H3. The van der Waals surface area contributed by atoms with E-state index in [0.29, 0.717) is 35.3 Å². The molecule has 0 radical (unpaired) electrons. The first-order valence-corrected chi connectivity index (χ1v) is 9.96. The van der Waals surface area contributed by atoms with Crippen LogP contribution in [0.1, 0.15) is 23.2 Å². The van der Waals surface area contributed by atoms with E-state index in [2.05, 4.69) is 10.1 Å². The molecule has 158 valence electrons. The average Bonchev–Trinajstić information content (AvgIpc) is 3.30. The summed E-state index contributed by atoms with van der Waals surface area (Å²) in [6.45, 7) is 2.66. The number of methoxy groups -OCH3 is 2. The van der Waals surface area contributed by atoms with Gasteiger partial charge in [0.1, 0.15) is 6.54 Å². The molecule has 0 aliphatic rings. The predicted molar refractivity (Wildman–Crippen MR) is 117 cm³/mol. The summed E-state index contributed by atoms with van der Waals surface area (Å²) in [7, 11) is 3.15. The lowest BCUT2D eigenvalue weighted by atomic mass is 10.0. The summed E-state index contributed by atoms with van der Waals surface area (Å²) in [5.41, 5.74) is 1.38. The summed E-state index contributed by atoms with van der Waals surface area (Å²) in [4.78, 5) is 19.4. The second-order valence-electron chi connectivity index (χ2n) is 6.93. The molecule has 0 bridgehead atoms. The first kappa shape index (κ1) is 20.4. The van der Waals surface area contributed by atoms with Crippen LogP contribution in [0.15, 0.2) is 65.2 Å². The van der Waals surface area contributed by atoms with Gasteiger partial charge in [0, 0.05) is 17.7 Å². The Labute approximate surface area is 180 Å². The number of benzene rings is 3. The zero-order valence-corrected chi connectivity index (χ0v) is 17.7. The molecule has 4 rings (SSSR count). The van der Waals surface area contributed by atoms with Crippen molar-refractivity contribution in [3.05, 3.63) is 72.1 Å². The number of hydrogen-bond donors (Lipinski definition) is 0. The Morgan fingerprint density at radius 1 is 1.00 bits per heavy atom. The number of fused-ring (bicyclic) bond motifs is 1. The molecule has 0 fully saturated rings. The van der Waals surface area contributed by atoms with Crippen LogP contribution in [-0.4, -0.2) is 41.7 Å². The van der Waals surface area contributed by atoms with E-state index >= 15 is 0 Å². The van der Waals surface area contributed by atoms with Gasteiger partial charge in [-0.05, 0) is 42.0 Å². The van der Waals surface area contributed by atoms with Crippen molar-refractivity contribution in [3.63, 3.8) is 0 Å². The second-order valence-corrected chi connectivity index (χ2v) is 6.93. The smallest absolute Gasteiger partial charge is 0.254 e. The van der Waals surface area contributed by atoms with Gasteiger partial charge in [0.05, 0.1) is 14.2 Å². The van der Waals surface area contributed by atoms with Crippen LogP contribution < -0.4 is 9.47 Å². The number of hydrogen-bond acceptors (Lipinski definition) is 6. The topological polar surface area (TPSA) is 77.7 Å². The molecule has 7 nitrogen and oxygen atoms in total. The highest BCUT2D eigenvalue weighted by Crippen LogP contribution is 2.31. The van der Waals surface area contributed by atoms with Gasteiger partial charge in [0.2, 0.25) is 11.7 Å². The molecule has 7 heteroatoms. The molecular formula is C24H23N3O4. The fraction of sp³-hybridized carbons (Fsp3) is 0.208. The van der Waals surface area contributed by atoms with Crippen molar-refractivity contribution < 1.29 is 18.8 Å². The summed E-state index contributed by atoms with van der Waals surface area (Å²) >= 11 is 0. The SMILES string of the molecule is CCN(Cc1nc(-c2ccc(OC)c(OC)c2)no1)C(=O)c1cccc2ccccc12. The van der Waals surface area contributed by atoms with Crippen LogP contribution in [0.25, 0.3) is 22.2 Å². The summed E-state index contributed by atoms with van der Waals surface area (Å²) in [6.07, 6.45) is 0. The Hall–Kier alpha value is -3.87. The summed E-state index contributed by atoms with van der Waals surface area (Å²) < 4.78 is 16.0. The molecule has 3 aromatic carbocycles. The molecule has 1 aromatic heterocycles. The minimum absolute atomic E-state index is 0.0785. The minimum atomic E-state index is -0.0785. The van der Waals surface area contributed by atoms with Crippen molar-refractivity contribution in [2.75, 3.05) is 20.8 Å². The lowest BCUT2D eigenvalue weighted by Gasteiger charge is -2.19. The van der Waals surface area contributed by atoms with Crippen LogP contribution in [-0.2, 0) is 6.54 Å². The van der Waals surface area contributed by atoms with E-state index in [1.165, 1.54) is 0 Å². The van der Waals surface area contributed by atoms with E-state index in [9.17, 15) is 4.79 Å². The van der Waals surface area contributed by atoms with Crippen molar-refractivity contribution in [1.82, 2.24) is 15.0 Å². The quantitative estimate of drug-likeness (QED) is 0.438. The molecule has 0 unspecified atom stereocenters. The third-order valence-corrected chi connectivity index (χ3v) is 5.12. The van der Waals surface area contributed by atoms with Crippen LogP contribution >= 0.6 is 0 Å². The number of aromatic nitrogens is 2. The third kappa shape index (κ3) is 4.07. The van der Waals surface area contributed by atoms with E-state index in [-0.39, 0.29) is 12.5 Å². The van der Waals surface area contributed by atoms with Gasteiger partial charge >= 0.3 is 0 Å². The maximum atomic E-state index is 13.2. The van der Waals surface area contributed by atoms with Crippen molar-refractivity contribution in [1.29, 1.82) is 0 Å². The van der Waals surface area contributed by atoms with Gasteiger partial charge in [-0.3, -0.25) is 4.79 Å². The van der Waals surface area contributed by atoms with Gasteiger partial charge in [-0.1, -0.05) is 41.6 Å². The van der Waals surface area contributed by atoms with E-state index in [1.54, 1.807) is 31.3 Å². The van der Waals surface area contributed by atoms with E-state index in [1.807, 2.05) is 55.5 Å². The maximum Gasteiger partial charge on any atom is 0.254 e. The lowest BCUT2D eigenvalue weighted by molar-refractivity contribution is 0.0736. The maximum absolute atomic E-state index is 13.2. The highest BCUT2D eigenvalue weighted by Gasteiger charge is 2.20. The molecule has 0 atom stereocenters. The number of nitrogens with zero attached hydrogens (tertiary/aromatic N) is 3. The highest BCUT2D eigenvalue weighted by atomic mass is 16.5. The summed E-state index contributed by atoms with van der Waals surface area (Å²) in [6, 6.07) is 19.0. The molecular weight excluding hydrogens is 394 g/mol. The van der Waals surface area contributed by atoms with Crippen LogP contribution in [0.5, 0.6) is 11.5 Å². The third-order valence-electron chi connectivity index (χ3n) is 5.12.